The van der Waals surface area contributed by atoms with Crippen LogP contribution in [0.2, 0.25) is 0 Å². The fraction of sp³-hybridized carbons (Fsp3) is 0.250. The number of aryl methyl sites for hydroxylation is 2. The molecule has 0 N–H and O–H groups in total. The van der Waals surface area contributed by atoms with Gasteiger partial charge in [0.25, 0.3) is 0 Å². The molecule has 0 spiro atoms. The van der Waals surface area contributed by atoms with Crippen molar-refractivity contribution in [2.75, 3.05) is 0 Å². The summed E-state index contributed by atoms with van der Waals surface area (Å²) in [6, 6.07) is 12.5. The second-order valence-electron chi connectivity index (χ2n) is 4.59. The van der Waals surface area contributed by atoms with Crippen LogP contribution in [0.4, 0.5) is 0 Å². The number of benzene rings is 2. The minimum Gasteiger partial charge on any atom is -0.489 e. The Hall–Kier alpha value is -0.800. The normalized spacial score (nSPS) is 10.5. The summed E-state index contributed by atoms with van der Waals surface area (Å²) in [6.45, 7) is 4.85. The van der Waals surface area contributed by atoms with Gasteiger partial charge in [0, 0.05) is 15.4 Å². The number of ether oxygens (including phenoxy) is 1. The van der Waals surface area contributed by atoms with Crippen LogP contribution >= 0.6 is 31.9 Å². The van der Waals surface area contributed by atoms with Crippen LogP contribution in [0.3, 0.4) is 0 Å². The SMILES string of the molecule is Cc1ccc(COc2ccc(Br)cc2CBr)cc1C. The molecule has 0 amide bonds. The van der Waals surface area contributed by atoms with Crippen LogP contribution in [-0.4, -0.2) is 0 Å². The van der Waals surface area contributed by atoms with Crippen molar-refractivity contribution in [1.29, 1.82) is 0 Å². The molecule has 0 bridgehead atoms. The molecule has 0 fully saturated rings. The van der Waals surface area contributed by atoms with Crippen LogP contribution in [0.15, 0.2) is 40.9 Å². The predicted octanol–water partition coefficient (Wildman–Crippen LogP) is 5.54. The summed E-state index contributed by atoms with van der Waals surface area (Å²) in [6.07, 6.45) is 0. The Bertz CT molecular complexity index is 579. The third-order valence-electron chi connectivity index (χ3n) is 3.13. The van der Waals surface area contributed by atoms with E-state index in [2.05, 4.69) is 70.0 Å². The van der Waals surface area contributed by atoms with Crippen LogP contribution < -0.4 is 4.74 Å². The van der Waals surface area contributed by atoms with Gasteiger partial charge < -0.3 is 4.74 Å². The molecule has 1 nitrogen and oxygen atoms in total. The Morgan fingerprint density at radius 3 is 2.47 bits per heavy atom. The van der Waals surface area contributed by atoms with Crippen LogP contribution in [0.5, 0.6) is 5.75 Å². The lowest BCUT2D eigenvalue weighted by Gasteiger charge is -2.11. The standard InChI is InChI=1S/C16H16Br2O/c1-11-3-4-13(7-12(11)2)10-19-16-6-5-15(18)8-14(16)9-17/h3-8H,9-10H2,1-2H3. The van der Waals surface area contributed by atoms with Gasteiger partial charge in [-0.25, -0.2) is 0 Å². The second-order valence-corrected chi connectivity index (χ2v) is 6.07. The van der Waals surface area contributed by atoms with Gasteiger partial charge in [-0.1, -0.05) is 50.1 Å². The van der Waals surface area contributed by atoms with E-state index in [0.717, 1.165) is 21.1 Å². The van der Waals surface area contributed by atoms with Crippen molar-refractivity contribution >= 4 is 31.9 Å². The van der Waals surface area contributed by atoms with E-state index in [4.69, 9.17) is 4.74 Å². The predicted molar refractivity (Wildman–Crippen MR) is 87.0 cm³/mol. The van der Waals surface area contributed by atoms with Gasteiger partial charge in [0.2, 0.25) is 0 Å². The van der Waals surface area contributed by atoms with Gasteiger partial charge in [0.1, 0.15) is 12.4 Å². The summed E-state index contributed by atoms with van der Waals surface area (Å²) in [5.74, 6) is 0.929. The number of hydrogen-bond acceptors (Lipinski definition) is 1. The molecule has 0 atom stereocenters. The van der Waals surface area contributed by atoms with Crippen molar-refractivity contribution in [3.63, 3.8) is 0 Å². The zero-order valence-corrected chi connectivity index (χ0v) is 14.2. The Morgan fingerprint density at radius 2 is 1.79 bits per heavy atom. The largest absolute Gasteiger partial charge is 0.489 e. The summed E-state index contributed by atoms with van der Waals surface area (Å²) >= 11 is 6.96. The molecule has 0 aliphatic carbocycles. The highest BCUT2D eigenvalue weighted by molar-refractivity contribution is 9.10. The van der Waals surface area contributed by atoms with E-state index >= 15 is 0 Å². The summed E-state index contributed by atoms with van der Waals surface area (Å²) < 4.78 is 6.98. The Morgan fingerprint density at radius 1 is 1.00 bits per heavy atom. The molecule has 0 unspecified atom stereocenters. The lowest BCUT2D eigenvalue weighted by molar-refractivity contribution is 0.304. The van der Waals surface area contributed by atoms with Gasteiger partial charge in [-0.15, -0.1) is 0 Å². The summed E-state index contributed by atoms with van der Waals surface area (Å²) in [7, 11) is 0. The molecule has 2 aromatic rings. The third kappa shape index (κ3) is 3.83. The van der Waals surface area contributed by atoms with Gasteiger partial charge in [-0.3, -0.25) is 0 Å². The van der Waals surface area contributed by atoms with Gasteiger partial charge >= 0.3 is 0 Å². The number of halogens is 2. The van der Waals surface area contributed by atoms with E-state index in [0.29, 0.717) is 6.61 Å². The Kier molecular flexibility index (Phi) is 5.06. The Balaban J connectivity index is 2.12. The minimum absolute atomic E-state index is 0.600. The summed E-state index contributed by atoms with van der Waals surface area (Å²) in [5, 5.41) is 0.786. The Labute approximate surface area is 131 Å². The van der Waals surface area contributed by atoms with E-state index < -0.39 is 0 Å². The molecular weight excluding hydrogens is 368 g/mol. The van der Waals surface area contributed by atoms with Crippen LogP contribution in [0.25, 0.3) is 0 Å². The maximum atomic E-state index is 5.91. The highest BCUT2D eigenvalue weighted by atomic mass is 79.9. The lowest BCUT2D eigenvalue weighted by Crippen LogP contribution is -1.98. The summed E-state index contributed by atoms with van der Waals surface area (Å²) in [4.78, 5) is 0. The van der Waals surface area contributed by atoms with Crippen LogP contribution in [0.1, 0.15) is 22.3 Å². The molecule has 0 saturated heterocycles. The van der Waals surface area contributed by atoms with Gasteiger partial charge in [0.05, 0.1) is 0 Å². The highest BCUT2D eigenvalue weighted by Crippen LogP contribution is 2.26. The first kappa shape index (κ1) is 14.6. The molecule has 0 aromatic heterocycles. The molecule has 19 heavy (non-hydrogen) atoms. The second kappa shape index (κ2) is 6.58. The minimum atomic E-state index is 0.600. The van der Waals surface area contributed by atoms with Crippen molar-refractivity contribution in [3.8, 4) is 5.75 Å². The van der Waals surface area contributed by atoms with E-state index in [1.54, 1.807) is 0 Å². The first-order chi connectivity index (χ1) is 9.10. The van der Waals surface area contributed by atoms with Gasteiger partial charge in [-0.05, 0) is 48.7 Å². The highest BCUT2D eigenvalue weighted by Gasteiger charge is 2.04. The lowest BCUT2D eigenvalue weighted by atomic mass is 10.1. The topological polar surface area (TPSA) is 9.23 Å². The van der Waals surface area contributed by atoms with E-state index in [1.807, 2.05) is 12.1 Å². The molecule has 3 heteroatoms. The molecule has 2 aromatic carbocycles. The van der Waals surface area contributed by atoms with Gasteiger partial charge in [0.15, 0.2) is 0 Å². The molecule has 2 rings (SSSR count). The fourth-order valence-corrected chi connectivity index (χ4v) is 2.69. The van der Waals surface area contributed by atoms with E-state index in [9.17, 15) is 0 Å². The average molecular weight is 384 g/mol. The van der Waals surface area contributed by atoms with Crippen molar-refractivity contribution in [2.45, 2.75) is 25.8 Å². The number of hydrogen-bond donors (Lipinski definition) is 0. The molecule has 0 saturated carbocycles. The molecule has 0 aliphatic rings. The molecule has 0 heterocycles. The zero-order chi connectivity index (χ0) is 13.8. The zero-order valence-electron chi connectivity index (χ0n) is 11.0. The van der Waals surface area contributed by atoms with Gasteiger partial charge in [-0.2, -0.15) is 0 Å². The summed E-state index contributed by atoms with van der Waals surface area (Å²) in [5.41, 5.74) is 4.97. The maximum Gasteiger partial charge on any atom is 0.123 e. The monoisotopic (exact) mass is 382 g/mol. The van der Waals surface area contributed by atoms with E-state index in [1.165, 1.54) is 16.7 Å². The van der Waals surface area contributed by atoms with Crippen LogP contribution in [0, 0.1) is 13.8 Å². The quantitative estimate of drug-likeness (QED) is 0.629. The van der Waals surface area contributed by atoms with Crippen molar-refractivity contribution in [2.24, 2.45) is 0 Å². The van der Waals surface area contributed by atoms with Crippen LogP contribution in [-0.2, 0) is 11.9 Å². The molecule has 0 aliphatic heterocycles. The maximum absolute atomic E-state index is 5.91. The average Bonchev–Trinajstić information content (AvgIpc) is 2.41. The molecule has 0 radical (unpaired) electrons. The smallest absolute Gasteiger partial charge is 0.123 e. The van der Waals surface area contributed by atoms with Crippen molar-refractivity contribution in [1.82, 2.24) is 0 Å². The van der Waals surface area contributed by atoms with Crippen molar-refractivity contribution < 1.29 is 4.74 Å². The molecular formula is C16H16Br2O. The number of alkyl halides is 1. The van der Waals surface area contributed by atoms with E-state index in [-0.39, 0.29) is 0 Å². The third-order valence-corrected chi connectivity index (χ3v) is 4.23. The fourth-order valence-electron chi connectivity index (χ4n) is 1.85. The first-order valence-electron chi connectivity index (χ1n) is 6.13. The number of rotatable bonds is 4. The van der Waals surface area contributed by atoms with Crippen molar-refractivity contribution in [3.05, 3.63) is 63.1 Å². The first-order valence-corrected chi connectivity index (χ1v) is 8.05. The molecule has 100 valence electrons.